The zero-order valence-electron chi connectivity index (χ0n) is 7.63. The van der Waals surface area contributed by atoms with Crippen molar-refractivity contribution in [1.82, 2.24) is 0 Å². The van der Waals surface area contributed by atoms with Crippen LogP contribution in [0.2, 0.25) is 0 Å². The van der Waals surface area contributed by atoms with Crippen molar-refractivity contribution in [3.05, 3.63) is 0 Å². The summed E-state index contributed by atoms with van der Waals surface area (Å²) >= 11 is 0. The molecule has 2 atom stereocenters. The van der Waals surface area contributed by atoms with Crippen LogP contribution >= 0.6 is 0 Å². The molecule has 0 heterocycles. The topological polar surface area (TPSA) is 215 Å². The van der Waals surface area contributed by atoms with Gasteiger partial charge in [-0.1, -0.05) is 0 Å². The molecule has 0 saturated heterocycles. The van der Waals surface area contributed by atoms with Gasteiger partial charge < -0.3 is 46.4 Å². The largest absolute Gasteiger partial charge is 3.00 e. The Bertz CT molecular complexity index is 146. The van der Waals surface area contributed by atoms with Crippen LogP contribution in [0.15, 0.2) is 0 Å². The summed E-state index contributed by atoms with van der Waals surface area (Å²) in [5.74, 6) is -4.12. The molecule has 0 aromatic carbocycles. The SMILES string of the molecule is O.O.O.O=C([O-])C(O)C(O)C(=O)[O-].[K+].[Sb+3]. The second-order valence-corrected chi connectivity index (χ2v) is 1.53. The molecule has 0 bridgehead atoms. The Balaban J connectivity index is -0.0000000405. The number of rotatable bonds is 3. The third-order valence-corrected chi connectivity index (χ3v) is 0.782. The molecule has 0 spiro atoms. The van der Waals surface area contributed by atoms with Crippen molar-refractivity contribution in [1.29, 1.82) is 0 Å². The molecule has 0 aromatic rings. The minimum Gasteiger partial charge on any atom is -0.547 e. The first-order valence-electron chi connectivity index (χ1n) is 2.24. The molecule has 0 amide bonds. The smallest absolute Gasteiger partial charge is 0.547 e. The second kappa shape index (κ2) is 17.6. The average molecular weight is 363 g/mol. The Kier molecular flexibility index (Phi) is 42.2. The molecule has 0 fully saturated rings. The third kappa shape index (κ3) is 15.2. The Hall–Kier alpha value is 1.19. The molecule has 0 aliphatic rings. The minimum atomic E-state index is -2.44. The van der Waals surface area contributed by atoms with Crippen LogP contribution in [-0.4, -0.2) is 75.2 Å². The van der Waals surface area contributed by atoms with Gasteiger partial charge in [0.05, 0.1) is 11.9 Å². The molecule has 2 unspecified atom stereocenters. The van der Waals surface area contributed by atoms with Gasteiger partial charge in [0.2, 0.25) is 0 Å². The molecule has 0 saturated carbocycles. The van der Waals surface area contributed by atoms with E-state index in [2.05, 4.69) is 0 Å². The first-order valence-corrected chi connectivity index (χ1v) is 2.24. The first kappa shape index (κ1) is 36.0. The van der Waals surface area contributed by atoms with Crippen molar-refractivity contribution in [3.8, 4) is 0 Å². The molecule has 84 valence electrons. The van der Waals surface area contributed by atoms with Gasteiger partial charge in [-0.15, -0.1) is 0 Å². The second-order valence-electron chi connectivity index (χ2n) is 1.53. The zero-order valence-corrected chi connectivity index (χ0v) is 13.3. The molecule has 0 aliphatic heterocycles. The summed E-state index contributed by atoms with van der Waals surface area (Å²) in [7, 11) is 0. The number of aliphatic hydroxyl groups is 2. The van der Waals surface area contributed by atoms with Crippen LogP contribution in [0.4, 0.5) is 0 Å². The quantitative estimate of drug-likeness (QED) is 0.464. The van der Waals surface area contributed by atoms with E-state index in [1.165, 1.54) is 0 Å². The fraction of sp³-hybridized carbons (Fsp3) is 0.500. The van der Waals surface area contributed by atoms with Gasteiger partial charge in [0.15, 0.2) is 0 Å². The maximum atomic E-state index is 9.63. The summed E-state index contributed by atoms with van der Waals surface area (Å²) in [5.41, 5.74) is 0. The van der Waals surface area contributed by atoms with Gasteiger partial charge >= 0.3 is 75.8 Å². The van der Waals surface area contributed by atoms with E-state index in [0.29, 0.717) is 0 Å². The van der Waals surface area contributed by atoms with Crippen LogP contribution in [0.25, 0.3) is 0 Å². The molecule has 0 aromatic heterocycles. The Morgan fingerprint density at radius 2 is 1.00 bits per heavy atom. The molecular weight excluding hydrogens is 353 g/mol. The van der Waals surface area contributed by atoms with Gasteiger partial charge in [0.25, 0.3) is 0 Å². The van der Waals surface area contributed by atoms with Gasteiger partial charge in [0, 0.05) is 0 Å². The van der Waals surface area contributed by atoms with Crippen LogP contribution < -0.4 is 61.6 Å². The van der Waals surface area contributed by atoms with E-state index in [0.717, 1.165) is 0 Å². The fourth-order valence-corrected chi connectivity index (χ4v) is 0.258. The third-order valence-electron chi connectivity index (χ3n) is 0.782. The number of carbonyl (C=O) groups is 2. The van der Waals surface area contributed by atoms with E-state index < -0.39 is 24.1 Å². The van der Waals surface area contributed by atoms with Gasteiger partial charge in [-0.25, -0.2) is 0 Å². The molecule has 0 aliphatic carbocycles. The van der Waals surface area contributed by atoms with Gasteiger partial charge in [-0.3, -0.25) is 0 Å². The van der Waals surface area contributed by atoms with E-state index >= 15 is 0 Å². The standard InChI is InChI=1S/C4H6O6.K.3H2O.Sb/c5-1(3(7)8)2(6)4(9)10;;;;;/h1-2,5-6H,(H,7,8)(H,9,10);;3*1H2;/q;+1;;;;+3/p-2. The molecular formula is C4H10KO9Sb+2. The van der Waals surface area contributed by atoms with E-state index in [4.69, 9.17) is 10.2 Å². The van der Waals surface area contributed by atoms with Gasteiger partial charge in [-0.2, -0.15) is 0 Å². The molecule has 15 heavy (non-hydrogen) atoms. The van der Waals surface area contributed by atoms with Crippen molar-refractivity contribution in [2.75, 3.05) is 0 Å². The van der Waals surface area contributed by atoms with Crippen molar-refractivity contribution >= 4 is 36.4 Å². The predicted molar refractivity (Wildman–Crippen MR) is 38.6 cm³/mol. The van der Waals surface area contributed by atoms with Crippen molar-refractivity contribution in [2.24, 2.45) is 0 Å². The van der Waals surface area contributed by atoms with Crippen LogP contribution in [0.5, 0.6) is 0 Å². The van der Waals surface area contributed by atoms with Gasteiger partial charge in [0.1, 0.15) is 12.2 Å². The summed E-state index contributed by atoms with van der Waals surface area (Å²) in [6.45, 7) is 0. The molecule has 11 heteroatoms. The minimum absolute atomic E-state index is 0. The molecule has 8 N–H and O–H groups in total. The van der Waals surface area contributed by atoms with Crippen molar-refractivity contribution in [3.63, 3.8) is 0 Å². The average Bonchev–Trinajstić information content (AvgIpc) is 1.84. The Morgan fingerprint density at radius 1 is 0.867 bits per heavy atom. The monoisotopic (exact) mass is 362 g/mol. The maximum Gasteiger partial charge on any atom is 3.00 e. The van der Waals surface area contributed by atoms with Gasteiger partial charge in [-0.05, 0) is 0 Å². The molecule has 2 radical (unpaired) electrons. The Labute approximate surface area is 144 Å². The van der Waals surface area contributed by atoms with E-state index in [1.54, 1.807) is 0 Å². The maximum absolute atomic E-state index is 9.63. The van der Waals surface area contributed by atoms with Crippen LogP contribution in [0.1, 0.15) is 0 Å². The summed E-state index contributed by atoms with van der Waals surface area (Å²) in [6, 6.07) is 0. The van der Waals surface area contributed by atoms with Crippen molar-refractivity contribution in [2.45, 2.75) is 12.2 Å². The number of hydrogen-bond acceptors (Lipinski definition) is 6. The Morgan fingerprint density at radius 3 is 1.07 bits per heavy atom. The van der Waals surface area contributed by atoms with Crippen molar-refractivity contribution < 1.29 is 97.8 Å². The normalized spacial score (nSPS) is 10.5. The summed E-state index contributed by atoms with van der Waals surface area (Å²) in [6.07, 6.45) is -4.88. The molecule has 9 nitrogen and oxygen atoms in total. The van der Waals surface area contributed by atoms with E-state index in [-0.39, 0.29) is 92.2 Å². The summed E-state index contributed by atoms with van der Waals surface area (Å²) in [5, 5.41) is 35.7. The predicted octanol–water partition coefficient (Wildman–Crippen LogP) is -10.6. The van der Waals surface area contributed by atoms with Crippen LogP contribution in [-0.2, 0) is 9.59 Å². The molecule has 0 rings (SSSR count). The summed E-state index contributed by atoms with van der Waals surface area (Å²) in [4.78, 5) is 19.3. The number of carboxylic acid groups (broad SMARTS) is 2. The number of carboxylic acids is 2. The van der Waals surface area contributed by atoms with Crippen LogP contribution in [0.3, 0.4) is 0 Å². The van der Waals surface area contributed by atoms with E-state index in [9.17, 15) is 19.8 Å². The first-order chi connectivity index (χ1) is 4.46. The summed E-state index contributed by atoms with van der Waals surface area (Å²) < 4.78 is 0. The number of aliphatic hydroxyl groups excluding tert-OH is 2. The number of carbonyl (C=O) groups excluding carboxylic acids is 2. The number of aliphatic carboxylic acids is 2. The van der Waals surface area contributed by atoms with E-state index in [1.807, 2.05) is 0 Å². The fourth-order valence-electron chi connectivity index (χ4n) is 0.258. The van der Waals surface area contributed by atoms with Crippen LogP contribution in [0, 0.1) is 0 Å². The number of hydrogen-bond donors (Lipinski definition) is 2. The zero-order chi connectivity index (χ0) is 8.31.